The van der Waals surface area contributed by atoms with Crippen LogP contribution in [0.15, 0.2) is 42.6 Å². The summed E-state index contributed by atoms with van der Waals surface area (Å²) in [5.41, 5.74) is 2.61. The number of para-hydroxylation sites is 1. The third-order valence-corrected chi connectivity index (χ3v) is 6.87. The minimum Gasteiger partial charge on any atom is -0.496 e. The molecule has 0 saturated carbocycles. The Hall–Kier alpha value is -3.61. The number of pyridine rings is 2. The standard InChI is InChI=1S/C28H31N3O4/c1-27(2,3)24-15-18-9-10-28(35-23(18)17-29-24)11-13-31(14-12-28)26(32)20-16-22(34-5)19-7-6-8-21(33-4)25(19)30-20/h6-10,15-17H,11-14H2,1-5H3. The quantitative estimate of drug-likeness (QED) is 0.532. The highest BCUT2D eigenvalue weighted by molar-refractivity contribution is 5.98. The molecule has 4 heterocycles. The van der Waals surface area contributed by atoms with Gasteiger partial charge in [0.2, 0.25) is 0 Å². The predicted molar refractivity (Wildman–Crippen MR) is 135 cm³/mol. The molecular formula is C28H31N3O4. The summed E-state index contributed by atoms with van der Waals surface area (Å²) in [5.74, 6) is 1.88. The van der Waals surface area contributed by atoms with Crippen molar-refractivity contribution in [1.29, 1.82) is 0 Å². The Morgan fingerprint density at radius 1 is 1.09 bits per heavy atom. The molecule has 7 nitrogen and oxygen atoms in total. The van der Waals surface area contributed by atoms with E-state index in [0.29, 0.717) is 48.6 Å². The van der Waals surface area contributed by atoms with Gasteiger partial charge in [0.1, 0.15) is 34.1 Å². The normalized spacial score (nSPS) is 16.7. The van der Waals surface area contributed by atoms with Gasteiger partial charge in [0.15, 0.2) is 0 Å². The number of ether oxygens (including phenoxy) is 3. The summed E-state index contributed by atoms with van der Waals surface area (Å²) in [7, 11) is 3.19. The minimum atomic E-state index is -0.424. The summed E-state index contributed by atoms with van der Waals surface area (Å²) in [6, 6.07) is 9.43. The van der Waals surface area contributed by atoms with Crippen LogP contribution in [0.4, 0.5) is 0 Å². The number of benzene rings is 1. The van der Waals surface area contributed by atoms with Gasteiger partial charge in [0.05, 0.1) is 20.4 Å². The molecule has 0 aliphatic carbocycles. The lowest BCUT2D eigenvalue weighted by Gasteiger charge is -2.41. The van der Waals surface area contributed by atoms with Crippen LogP contribution in [0.2, 0.25) is 0 Å². The highest BCUT2D eigenvalue weighted by Gasteiger charge is 2.39. The molecule has 0 bridgehead atoms. The van der Waals surface area contributed by atoms with Gasteiger partial charge in [0.25, 0.3) is 5.91 Å². The molecule has 2 aromatic heterocycles. The molecule has 0 radical (unpaired) electrons. The molecule has 182 valence electrons. The molecule has 3 aromatic rings. The smallest absolute Gasteiger partial charge is 0.272 e. The first-order valence-corrected chi connectivity index (χ1v) is 11.9. The van der Waals surface area contributed by atoms with Gasteiger partial charge in [-0.15, -0.1) is 0 Å². The Kier molecular flexibility index (Phi) is 5.66. The van der Waals surface area contributed by atoms with Crippen LogP contribution in [0.1, 0.15) is 55.4 Å². The van der Waals surface area contributed by atoms with E-state index in [4.69, 9.17) is 14.2 Å². The summed E-state index contributed by atoms with van der Waals surface area (Å²) >= 11 is 0. The zero-order valence-electron chi connectivity index (χ0n) is 20.9. The summed E-state index contributed by atoms with van der Waals surface area (Å²) in [5, 5.41) is 0.809. The largest absolute Gasteiger partial charge is 0.496 e. The van der Waals surface area contributed by atoms with Crippen molar-refractivity contribution in [3.05, 3.63) is 59.6 Å². The fourth-order valence-corrected chi connectivity index (χ4v) is 4.73. The van der Waals surface area contributed by atoms with Gasteiger partial charge in [-0.1, -0.05) is 32.9 Å². The maximum Gasteiger partial charge on any atom is 0.272 e. The van der Waals surface area contributed by atoms with Gasteiger partial charge in [0, 0.05) is 54.1 Å². The Balaban J connectivity index is 1.35. The SMILES string of the molecule is COc1cc(C(=O)N2CCC3(C=Cc4cc(C(C)(C)C)ncc4O3)CC2)nc2c(OC)cccc12. The minimum absolute atomic E-state index is 0.0206. The number of hydrogen-bond donors (Lipinski definition) is 0. The molecule has 0 N–H and O–H groups in total. The van der Waals surface area contributed by atoms with E-state index in [2.05, 4.69) is 49.0 Å². The third-order valence-electron chi connectivity index (χ3n) is 6.87. The van der Waals surface area contributed by atoms with Crippen LogP contribution in [0.25, 0.3) is 17.0 Å². The first kappa shape index (κ1) is 23.1. The van der Waals surface area contributed by atoms with E-state index in [0.717, 1.165) is 22.4 Å². The molecule has 2 aliphatic heterocycles. The van der Waals surface area contributed by atoms with Crippen LogP contribution >= 0.6 is 0 Å². The van der Waals surface area contributed by atoms with Crippen molar-refractivity contribution in [2.45, 2.75) is 44.6 Å². The number of fused-ring (bicyclic) bond motifs is 2. The average Bonchev–Trinajstić information content (AvgIpc) is 2.86. The van der Waals surface area contributed by atoms with Gasteiger partial charge < -0.3 is 19.1 Å². The third kappa shape index (κ3) is 4.20. The molecular weight excluding hydrogens is 442 g/mol. The number of piperidine rings is 1. The number of carbonyl (C=O) groups is 1. The number of aromatic nitrogens is 2. The lowest BCUT2D eigenvalue weighted by molar-refractivity contribution is 0.0324. The van der Waals surface area contributed by atoms with Crippen LogP contribution in [-0.4, -0.2) is 53.7 Å². The van der Waals surface area contributed by atoms with Crippen molar-refractivity contribution in [3.63, 3.8) is 0 Å². The fourth-order valence-electron chi connectivity index (χ4n) is 4.73. The second-order valence-corrected chi connectivity index (χ2v) is 10.2. The number of rotatable bonds is 3. The van der Waals surface area contributed by atoms with Gasteiger partial charge in [-0.2, -0.15) is 0 Å². The highest BCUT2D eigenvalue weighted by atomic mass is 16.5. The van der Waals surface area contributed by atoms with E-state index in [9.17, 15) is 4.79 Å². The summed E-state index contributed by atoms with van der Waals surface area (Å²) < 4.78 is 17.5. The molecule has 1 fully saturated rings. The predicted octanol–water partition coefficient (Wildman–Crippen LogP) is 5.03. The van der Waals surface area contributed by atoms with Crippen molar-refractivity contribution in [2.75, 3.05) is 27.3 Å². The maximum atomic E-state index is 13.4. The Bertz CT molecular complexity index is 1320. The average molecular weight is 474 g/mol. The van der Waals surface area contributed by atoms with E-state index in [1.165, 1.54) is 0 Å². The van der Waals surface area contributed by atoms with Crippen molar-refractivity contribution in [2.24, 2.45) is 0 Å². The van der Waals surface area contributed by atoms with Gasteiger partial charge in [-0.25, -0.2) is 4.98 Å². The highest BCUT2D eigenvalue weighted by Crippen LogP contribution is 2.38. The fraction of sp³-hybridized carbons (Fsp3) is 0.393. The van der Waals surface area contributed by atoms with Crippen LogP contribution in [0.3, 0.4) is 0 Å². The molecule has 1 spiro atoms. The van der Waals surface area contributed by atoms with Crippen molar-refractivity contribution in [3.8, 4) is 17.2 Å². The monoisotopic (exact) mass is 473 g/mol. The van der Waals surface area contributed by atoms with Crippen LogP contribution in [0.5, 0.6) is 17.2 Å². The topological polar surface area (TPSA) is 73.8 Å². The number of nitrogens with zero attached hydrogens (tertiary/aromatic N) is 3. The Labute approximate surface area is 205 Å². The number of hydrogen-bond acceptors (Lipinski definition) is 6. The first-order valence-electron chi connectivity index (χ1n) is 11.9. The summed E-state index contributed by atoms with van der Waals surface area (Å²) in [6.07, 6.45) is 7.51. The van der Waals surface area contributed by atoms with E-state index in [1.54, 1.807) is 20.3 Å². The van der Waals surface area contributed by atoms with Crippen molar-refractivity contribution < 1.29 is 19.0 Å². The molecule has 5 rings (SSSR count). The number of methoxy groups -OCH3 is 2. The number of carbonyl (C=O) groups excluding carboxylic acids is 1. The van der Waals surface area contributed by atoms with Crippen LogP contribution in [0, 0.1) is 0 Å². The molecule has 1 aromatic carbocycles. The molecule has 0 unspecified atom stereocenters. The molecule has 7 heteroatoms. The zero-order valence-corrected chi connectivity index (χ0v) is 20.9. The van der Waals surface area contributed by atoms with E-state index in [1.807, 2.05) is 29.3 Å². The lowest BCUT2D eigenvalue weighted by atomic mass is 9.86. The number of amides is 1. The second-order valence-electron chi connectivity index (χ2n) is 10.2. The van der Waals surface area contributed by atoms with Gasteiger partial charge >= 0.3 is 0 Å². The van der Waals surface area contributed by atoms with Gasteiger partial charge in [-0.3, -0.25) is 9.78 Å². The van der Waals surface area contributed by atoms with Gasteiger partial charge in [-0.05, 0) is 24.3 Å². The zero-order chi connectivity index (χ0) is 24.8. The lowest BCUT2D eigenvalue weighted by Crippen LogP contribution is -2.49. The Morgan fingerprint density at radius 2 is 1.83 bits per heavy atom. The maximum absolute atomic E-state index is 13.4. The summed E-state index contributed by atoms with van der Waals surface area (Å²) in [4.78, 5) is 24.5. The summed E-state index contributed by atoms with van der Waals surface area (Å²) in [6.45, 7) is 7.60. The Morgan fingerprint density at radius 3 is 2.51 bits per heavy atom. The van der Waals surface area contributed by atoms with Crippen molar-refractivity contribution >= 4 is 22.9 Å². The number of likely N-dealkylation sites (tertiary alicyclic amines) is 1. The van der Waals surface area contributed by atoms with E-state index in [-0.39, 0.29) is 11.3 Å². The molecule has 1 saturated heterocycles. The second kappa shape index (κ2) is 8.56. The van der Waals surface area contributed by atoms with E-state index < -0.39 is 5.60 Å². The van der Waals surface area contributed by atoms with E-state index >= 15 is 0 Å². The first-order chi connectivity index (χ1) is 16.7. The molecule has 35 heavy (non-hydrogen) atoms. The molecule has 2 aliphatic rings. The van der Waals surface area contributed by atoms with Crippen LogP contribution in [-0.2, 0) is 5.41 Å². The van der Waals surface area contributed by atoms with Crippen molar-refractivity contribution in [1.82, 2.24) is 14.9 Å². The van der Waals surface area contributed by atoms with Crippen LogP contribution < -0.4 is 14.2 Å². The molecule has 0 atom stereocenters. The molecule has 1 amide bonds.